The predicted octanol–water partition coefficient (Wildman–Crippen LogP) is 3.37. The quantitative estimate of drug-likeness (QED) is 0.702. The van der Waals surface area contributed by atoms with Crippen molar-refractivity contribution in [3.63, 3.8) is 0 Å². The molecule has 0 radical (unpaired) electrons. The Morgan fingerprint density at radius 3 is 2.47 bits per heavy atom. The third-order valence-corrected chi connectivity index (χ3v) is 3.11. The van der Waals surface area contributed by atoms with E-state index >= 15 is 0 Å². The maximum Gasteiger partial charge on any atom is 0.181 e. The Balaban J connectivity index is 2.00. The normalized spacial score (nSPS) is 10.6. The number of nitrogens with one attached hydrogen (secondary N) is 1. The molecule has 0 fully saturated rings. The summed E-state index contributed by atoms with van der Waals surface area (Å²) in [7, 11) is 0. The third kappa shape index (κ3) is 2.30. The van der Waals surface area contributed by atoms with Crippen LogP contribution in [0.3, 0.4) is 0 Å². The van der Waals surface area contributed by atoms with Gasteiger partial charge in [0.05, 0.1) is 5.02 Å². The minimum absolute atomic E-state index is 0.620. The van der Waals surface area contributed by atoms with Gasteiger partial charge in [0.1, 0.15) is 0 Å². The van der Waals surface area contributed by atoms with E-state index in [-0.39, 0.29) is 0 Å². The summed E-state index contributed by atoms with van der Waals surface area (Å²) in [6, 6.07) is 14.9. The summed E-state index contributed by atoms with van der Waals surface area (Å²) < 4.78 is 0. The molecule has 0 bridgehead atoms. The summed E-state index contributed by atoms with van der Waals surface area (Å²) >= 11 is 6.13. The first-order valence-corrected chi connectivity index (χ1v) is 6.15. The summed E-state index contributed by atoms with van der Waals surface area (Å²) in [5, 5.41) is 7.74. The van der Waals surface area contributed by atoms with Crippen LogP contribution in [0.1, 0.15) is 0 Å². The maximum atomic E-state index is 6.13. The number of nitrogen functional groups attached to an aromatic ring is 1. The molecule has 4 nitrogen and oxygen atoms in total. The zero-order chi connectivity index (χ0) is 13.2. The van der Waals surface area contributed by atoms with Crippen LogP contribution in [0, 0.1) is 0 Å². The van der Waals surface area contributed by atoms with Crippen molar-refractivity contribution in [2.24, 2.45) is 0 Å². The smallest absolute Gasteiger partial charge is 0.181 e. The van der Waals surface area contributed by atoms with Crippen LogP contribution in [0.15, 0.2) is 48.5 Å². The van der Waals surface area contributed by atoms with E-state index in [0.717, 1.165) is 11.1 Å². The van der Waals surface area contributed by atoms with Crippen LogP contribution in [0.4, 0.5) is 5.69 Å². The highest BCUT2D eigenvalue weighted by Crippen LogP contribution is 2.26. The van der Waals surface area contributed by atoms with Gasteiger partial charge in [-0.15, -0.1) is 0 Å². The van der Waals surface area contributed by atoms with Crippen LogP contribution in [0.25, 0.3) is 22.8 Å². The molecule has 3 aromatic rings. The van der Waals surface area contributed by atoms with Gasteiger partial charge in [-0.25, -0.2) is 4.98 Å². The maximum absolute atomic E-state index is 6.13. The fraction of sp³-hybridized carbons (Fsp3) is 0. The van der Waals surface area contributed by atoms with Crippen LogP contribution >= 0.6 is 11.6 Å². The number of halogens is 1. The average Bonchev–Trinajstić information content (AvgIpc) is 2.89. The minimum Gasteiger partial charge on any atom is -0.399 e. The van der Waals surface area contributed by atoms with E-state index in [9.17, 15) is 0 Å². The van der Waals surface area contributed by atoms with Crippen molar-refractivity contribution >= 4 is 17.3 Å². The number of hydrogen-bond acceptors (Lipinski definition) is 3. The highest BCUT2D eigenvalue weighted by atomic mass is 35.5. The molecule has 1 aromatic heterocycles. The Morgan fingerprint density at radius 1 is 1.00 bits per heavy atom. The molecule has 0 aliphatic heterocycles. The number of nitrogens with two attached hydrogens (primary N) is 1. The van der Waals surface area contributed by atoms with Gasteiger partial charge in [0.2, 0.25) is 0 Å². The second-order valence-electron chi connectivity index (χ2n) is 4.11. The molecule has 3 N–H and O–H groups in total. The number of hydrogen-bond donors (Lipinski definition) is 2. The monoisotopic (exact) mass is 270 g/mol. The van der Waals surface area contributed by atoms with Crippen molar-refractivity contribution in [1.29, 1.82) is 0 Å². The molecule has 0 spiro atoms. The number of rotatable bonds is 2. The molecule has 94 valence electrons. The number of aromatic amines is 1. The second-order valence-corrected chi connectivity index (χ2v) is 4.52. The topological polar surface area (TPSA) is 67.6 Å². The van der Waals surface area contributed by atoms with Gasteiger partial charge in [-0.3, -0.25) is 5.10 Å². The first-order valence-electron chi connectivity index (χ1n) is 5.77. The SMILES string of the molecule is Nc1ccc(-c2n[nH]c(-c3ccccc3Cl)n2)cc1. The fourth-order valence-corrected chi connectivity index (χ4v) is 2.02. The molecule has 3 rings (SSSR count). The number of H-pyrrole nitrogens is 1. The van der Waals surface area contributed by atoms with Gasteiger partial charge in [0.25, 0.3) is 0 Å². The lowest BCUT2D eigenvalue weighted by molar-refractivity contribution is 1.10. The van der Waals surface area contributed by atoms with Crippen LogP contribution in [-0.2, 0) is 0 Å². The molecule has 0 atom stereocenters. The average molecular weight is 271 g/mol. The molecule has 0 amide bonds. The van der Waals surface area contributed by atoms with E-state index in [0.29, 0.717) is 22.4 Å². The molecular weight excluding hydrogens is 260 g/mol. The lowest BCUT2D eigenvalue weighted by atomic mass is 10.2. The van der Waals surface area contributed by atoms with Crippen LogP contribution in [-0.4, -0.2) is 15.2 Å². The Morgan fingerprint density at radius 2 is 1.74 bits per heavy atom. The van der Waals surface area contributed by atoms with Crippen molar-refractivity contribution in [1.82, 2.24) is 15.2 Å². The van der Waals surface area contributed by atoms with Gasteiger partial charge < -0.3 is 5.73 Å². The van der Waals surface area contributed by atoms with Gasteiger partial charge in [0.15, 0.2) is 11.6 Å². The van der Waals surface area contributed by atoms with Gasteiger partial charge >= 0.3 is 0 Å². The third-order valence-electron chi connectivity index (χ3n) is 2.78. The van der Waals surface area contributed by atoms with E-state index in [1.807, 2.05) is 48.5 Å². The van der Waals surface area contributed by atoms with Crippen molar-refractivity contribution < 1.29 is 0 Å². The molecule has 0 aliphatic rings. The molecule has 1 heterocycles. The van der Waals surface area contributed by atoms with E-state index in [1.165, 1.54) is 0 Å². The minimum atomic E-state index is 0.620. The van der Waals surface area contributed by atoms with Crippen molar-refractivity contribution in [2.75, 3.05) is 5.73 Å². The van der Waals surface area contributed by atoms with Gasteiger partial charge in [-0.1, -0.05) is 23.7 Å². The predicted molar refractivity (Wildman–Crippen MR) is 76.7 cm³/mol. The number of benzene rings is 2. The highest BCUT2D eigenvalue weighted by Gasteiger charge is 2.09. The molecule has 19 heavy (non-hydrogen) atoms. The summed E-state index contributed by atoms with van der Waals surface area (Å²) in [6.07, 6.45) is 0. The summed E-state index contributed by atoms with van der Waals surface area (Å²) in [5.74, 6) is 1.27. The van der Waals surface area contributed by atoms with E-state index in [2.05, 4.69) is 15.2 Å². The molecule has 0 saturated heterocycles. The lowest BCUT2D eigenvalue weighted by Crippen LogP contribution is -1.85. The Kier molecular flexibility index (Phi) is 2.93. The summed E-state index contributed by atoms with van der Waals surface area (Å²) in [5.41, 5.74) is 8.11. The van der Waals surface area contributed by atoms with Gasteiger partial charge in [-0.2, -0.15) is 5.10 Å². The van der Waals surface area contributed by atoms with Crippen molar-refractivity contribution in [3.05, 3.63) is 53.6 Å². The summed E-state index contributed by atoms with van der Waals surface area (Å²) in [4.78, 5) is 4.45. The zero-order valence-corrected chi connectivity index (χ0v) is 10.7. The van der Waals surface area contributed by atoms with Crippen LogP contribution in [0.5, 0.6) is 0 Å². The number of nitrogens with zero attached hydrogens (tertiary/aromatic N) is 2. The number of aromatic nitrogens is 3. The highest BCUT2D eigenvalue weighted by molar-refractivity contribution is 6.33. The van der Waals surface area contributed by atoms with E-state index in [1.54, 1.807) is 0 Å². The Bertz CT molecular complexity index is 703. The Hall–Kier alpha value is -2.33. The number of anilines is 1. The fourth-order valence-electron chi connectivity index (χ4n) is 1.80. The first kappa shape index (κ1) is 11.7. The molecule has 0 unspecified atom stereocenters. The van der Waals surface area contributed by atoms with Crippen LogP contribution < -0.4 is 5.73 Å². The van der Waals surface area contributed by atoms with Crippen LogP contribution in [0.2, 0.25) is 5.02 Å². The molecular formula is C14H11ClN4. The second kappa shape index (κ2) is 4.74. The van der Waals surface area contributed by atoms with Gasteiger partial charge in [0, 0.05) is 16.8 Å². The van der Waals surface area contributed by atoms with Crippen molar-refractivity contribution in [3.8, 4) is 22.8 Å². The zero-order valence-electron chi connectivity index (χ0n) is 9.97. The molecule has 5 heteroatoms. The molecule has 0 aliphatic carbocycles. The summed E-state index contributed by atoms with van der Waals surface area (Å²) in [6.45, 7) is 0. The standard InChI is InChI=1S/C14H11ClN4/c15-12-4-2-1-3-11(12)14-17-13(18-19-14)9-5-7-10(16)8-6-9/h1-8H,16H2,(H,17,18,19). The first-order chi connectivity index (χ1) is 9.24. The lowest BCUT2D eigenvalue weighted by Gasteiger charge is -1.98. The largest absolute Gasteiger partial charge is 0.399 e. The molecule has 0 saturated carbocycles. The van der Waals surface area contributed by atoms with Crippen molar-refractivity contribution in [2.45, 2.75) is 0 Å². The molecule has 2 aromatic carbocycles. The van der Waals surface area contributed by atoms with E-state index in [4.69, 9.17) is 17.3 Å². The van der Waals surface area contributed by atoms with E-state index < -0.39 is 0 Å². The van der Waals surface area contributed by atoms with Gasteiger partial charge in [-0.05, 0) is 36.4 Å². The Labute approximate surface area is 115 Å².